The van der Waals surface area contributed by atoms with Crippen LogP contribution in [0.1, 0.15) is 12.5 Å². The van der Waals surface area contributed by atoms with Crippen LogP contribution >= 0.6 is 0 Å². The lowest BCUT2D eigenvalue weighted by molar-refractivity contribution is -0.117. The highest BCUT2D eigenvalue weighted by molar-refractivity contribution is 5.94. The molecule has 0 saturated carbocycles. The van der Waals surface area contributed by atoms with Gasteiger partial charge in [-0.1, -0.05) is 12.1 Å². The molecule has 0 spiro atoms. The van der Waals surface area contributed by atoms with Crippen molar-refractivity contribution in [3.05, 3.63) is 29.8 Å². The fourth-order valence-corrected chi connectivity index (χ4v) is 2.12. The normalized spacial score (nSPS) is 17.7. The third kappa shape index (κ3) is 4.59. The summed E-state index contributed by atoms with van der Waals surface area (Å²) in [4.78, 5) is 13.9. The van der Waals surface area contributed by atoms with Gasteiger partial charge in [-0.05, 0) is 31.0 Å². The quantitative estimate of drug-likeness (QED) is 0.837. The Morgan fingerprint density at radius 3 is 2.60 bits per heavy atom. The van der Waals surface area contributed by atoms with Crippen LogP contribution in [0.3, 0.4) is 0 Å². The number of morpholine rings is 1. The molecule has 1 heterocycles. The zero-order valence-corrected chi connectivity index (χ0v) is 12.0. The summed E-state index contributed by atoms with van der Waals surface area (Å²) in [6.07, 6.45) is 1.02. The van der Waals surface area contributed by atoms with E-state index in [2.05, 4.69) is 22.3 Å². The second-order valence-corrected chi connectivity index (χ2v) is 5.18. The van der Waals surface area contributed by atoms with Crippen LogP contribution in [0.15, 0.2) is 24.3 Å². The van der Waals surface area contributed by atoms with Crippen LogP contribution in [0.2, 0.25) is 0 Å². The van der Waals surface area contributed by atoms with Crippen molar-refractivity contribution in [2.45, 2.75) is 19.4 Å². The molecule has 1 amide bonds. The molecule has 2 rings (SSSR count). The first-order chi connectivity index (χ1) is 9.65. The van der Waals surface area contributed by atoms with Crippen molar-refractivity contribution >= 4 is 11.6 Å². The lowest BCUT2D eigenvalue weighted by Crippen LogP contribution is -2.37. The van der Waals surface area contributed by atoms with E-state index >= 15 is 0 Å². The Morgan fingerprint density at radius 2 is 2.00 bits per heavy atom. The number of nitrogens with one attached hydrogen (secondary N) is 1. The second kappa shape index (κ2) is 7.38. The summed E-state index contributed by atoms with van der Waals surface area (Å²) in [5.74, 6) is -0.161. The van der Waals surface area contributed by atoms with Crippen molar-refractivity contribution in [1.29, 1.82) is 0 Å². The van der Waals surface area contributed by atoms with Crippen LogP contribution in [0.4, 0.5) is 5.69 Å². The van der Waals surface area contributed by atoms with Crippen LogP contribution in [0, 0.1) is 0 Å². The zero-order valence-electron chi connectivity index (χ0n) is 12.0. The Kier molecular flexibility index (Phi) is 5.52. The van der Waals surface area contributed by atoms with Crippen molar-refractivity contribution in [2.24, 2.45) is 5.73 Å². The Labute approximate surface area is 120 Å². The number of rotatable bonds is 5. The number of nitrogens with two attached hydrogens (primary N) is 1. The highest BCUT2D eigenvalue weighted by Crippen LogP contribution is 2.11. The van der Waals surface area contributed by atoms with Crippen molar-refractivity contribution in [3.8, 4) is 0 Å². The summed E-state index contributed by atoms with van der Waals surface area (Å²) >= 11 is 0. The van der Waals surface area contributed by atoms with E-state index in [1.807, 2.05) is 12.1 Å². The molecule has 0 unspecified atom stereocenters. The largest absolute Gasteiger partial charge is 0.379 e. The van der Waals surface area contributed by atoms with Gasteiger partial charge in [0, 0.05) is 25.3 Å². The molecule has 5 heteroatoms. The maximum absolute atomic E-state index is 11.5. The first-order valence-corrected chi connectivity index (χ1v) is 7.10. The van der Waals surface area contributed by atoms with Crippen LogP contribution in [0.25, 0.3) is 0 Å². The maximum atomic E-state index is 11.5. The number of benzene rings is 1. The fourth-order valence-electron chi connectivity index (χ4n) is 2.12. The standard InChI is InChI=1S/C15H23N3O2/c1-12(16)15(19)17-14-4-2-13(3-5-14)6-7-18-8-10-20-11-9-18/h2-5,12H,6-11,16H2,1H3,(H,17,19)/t12-/m1/s1. The average Bonchev–Trinajstić information content (AvgIpc) is 2.47. The molecule has 1 aromatic rings. The molecular formula is C15H23N3O2. The molecule has 1 atom stereocenters. The zero-order chi connectivity index (χ0) is 14.4. The Morgan fingerprint density at radius 1 is 1.35 bits per heavy atom. The van der Waals surface area contributed by atoms with Crippen molar-refractivity contribution < 1.29 is 9.53 Å². The third-order valence-electron chi connectivity index (χ3n) is 3.46. The summed E-state index contributed by atoms with van der Waals surface area (Å²) in [5, 5.41) is 2.78. The van der Waals surface area contributed by atoms with E-state index in [1.165, 1.54) is 5.56 Å². The molecule has 0 aromatic heterocycles. The Balaban J connectivity index is 1.80. The number of ether oxygens (including phenoxy) is 1. The highest BCUT2D eigenvalue weighted by Gasteiger charge is 2.10. The number of carbonyl (C=O) groups is 1. The Bertz CT molecular complexity index is 425. The molecule has 110 valence electrons. The van der Waals surface area contributed by atoms with E-state index in [4.69, 9.17) is 10.5 Å². The molecule has 1 aromatic carbocycles. The molecule has 0 radical (unpaired) electrons. The number of nitrogens with zero attached hydrogens (tertiary/aromatic N) is 1. The van der Waals surface area contributed by atoms with E-state index in [9.17, 15) is 4.79 Å². The predicted molar refractivity (Wildman–Crippen MR) is 79.7 cm³/mol. The molecule has 3 N–H and O–H groups in total. The second-order valence-electron chi connectivity index (χ2n) is 5.18. The summed E-state index contributed by atoms with van der Waals surface area (Å²) in [7, 11) is 0. The lowest BCUT2D eigenvalue weighted by Gasteiger charge is -2.26. The van der Waals surface area contributed by atoms with Crippen LogP contribution in [0.5, 0.6) is 0 Å². The Hall–Kier alpha value is -1.43. The molecule has 1 saturated heterocycles. The minimum absolute atomic E-state index is 0.161. The van der Waals surface area contributed by atoms with Gasteiger partial charge in [-0.2, -0.15) is 0 Å². The average molecular weight is 277 g/mol. The smallest absolute Gasteiger partial charge is 0.240 e. The summed E-state index contributed by atoms with van der Waals surface area (Å²) in [6, 6.07) is 7.47. The number of hydrogen-bond acceptors (Lipinski definition) is 4. The lowest BCUT2D eigenvalue weighted by atomic mass is 10.1. The number of amides is 1. The summed E-state index contributed by atoms with van der Waals surface area (Å²) in [6.45, 7) is 6.43. The van der Waals surface area contributed by atoms with Crippen LogP contribution in [-0.4, -0.2) is 49.7 Å². The molecule has 1 fully saturated rings. The summed E-state index contributed by atoms with van der Waals surface area (Å²) < 4.78 is 5.33. The van der Waals surface area contributed by atoms with Crippen molar-refractivity contribution in [3.63, 3.8) is 0 Å². The predicted octanol–water partition coefficient (Wildman–Crippen LogP) is 0.847. The van der Waals surface area contributed by atoms with Crippen LogP contribution in [-0.2, 0) is 16.0 Å². The first kappa shape index (κ1) is 15.0. The molecule has 20 heavy (non-hydrogen) atoms. The molecule has 0 aliphatic carbocycles. The topological polar surface area (TPSA) is 67.6 Å². The van der Waals surface area contributed by atoms with Crippen molar-refractivity contribution in [1.82, 2.24) is 4.90 Å². The third-order valence-corrected chi connectivity index (χ3v) is 3.46. The van der Waals surface area contributed by atoms with Crippen LogP contribution < -0.4 is 11.1 Å². The highest BCUT2D eigenvalue weighted by atomic mass is 16.5. The molecule has 1 aliphatic heterocycles. The van der Waals surface area contributed by atoms with Gasteiger partial charge in [0.2, 0.25) is 5.91 Å². The van der Waals surface area contributed by atoms with Crippen molar-refractivity contribution in [2.75, 3.05) is 38.2 Å². The van der Waals surface area contributed by atoms with E-state index < -0.39 is 6.04 Å². The van der Waals surface area contributed by atoms with Gasteiger partial charge in [-0.15, -0.1) is 0 Å². The van der Waals surface area contributed by atoms with E-state index in [1.54, 1.807) is 6.92 Å². The maximum Gasteiger partial charge on any atom is 0.240 e. The number of carbonyl (C=O) groups excluding carboxylic acids is 1. The van der Waals surface area contributed by atoms with E-state index in [0.717, 1.165) is 45.0 Å². The van der Waals surface area contributed by atoms with Gasteiger partial charge in [0.05, 0.1) is 19.3 Å². The molecular weight excluding hydrogens is 254 g/mol. The molecule has 5 nitrogen and oxygen atoms in total. The van der Waals surface area contributed by atoms with E-state index in [0.29, 0.717) is 0 Å². The van der Waals surface area contributed by atoms with Gasteiger partial charge in [0.25, 0.3) is 0 Å². The molecule has 1 aliphatic rings. The van der Waals surface area contributed by atoms with Gasteiger partial charge in [0.1, 0.15) is 0 Å². The molecule has 0 bridgehead atoms. The summed E-state index contributed by atoms with van der Waals surface area (Å²) in [5.41, 5.74) is 7.58. The van der Waals surface area contributed by atoms with E-state index in [-0.39, 0.29) is 5.91 Å². The first-order valence-electron chi connectivity index (χ1n) is 7.10. The number of hydrogen-bond donors (Lipinski definition) is 2. The minimum atomic E-state index is -0.490. The van der Waals surface area contributed by atoms with Gasteiger partial charge in [-0.3, -0.25) is 9.69 Å². The monoisotopic (exact) mass is 277 g/mol. The van der Waals surface area contributed by atoms with Gasteiger partial charge >= 0.3 is 0 Å². The van der Waals surface area contributed by atoms with Gasteiger partial charge < -0.3 is 15.8 Å². The van der Waals surface area contributed by atoms with Gasteiger partial charge in [0.15, 0.2) is 0 Å². The van der Waals surface area contributed by atoms with Gasteiger partial charge in [-0.25, -0.2) is 0 Å². The SMILES string of the molecule is C[C@@H](N)C(=O)Nc1ccc(CCN2CCOCC2)cc1. The minimum Gasteiger partial charge on any atom is -0.379 e. The fraction of sp³-hybridized carbons (Fsp3) is 0.533. The number of anilines is 1.